The first kappa shape index (κ1) is 16.3. The largest absolute Gasteiger partial charge is 0.293 e. The van der Waals surface area contributed by atoms with Crippen LogP contribution in [0.3, 0.4) is 0 Å². The molecule has 2 aromatic carbocycles. The molecule has 4 heteroatoms. The number of thioether (sulfide) groups is 2. The van der Waals surface area contributed by atoms with Gasteiger partial charge in [-0.25, -0.2) is 4.39 Å². The van der Waals surface area contributed by atoms with Gasteiger partial charge in [0.2, 0.25) is 0 Å². The summed E-state index contributed by atoms with van der Waals surface area (Å²) in [6, 6.07) is 16.0. The van der Waals surface area contributed by atoms with Crippen LogP contribution in [0, 0.1) is 11.7 Å². The molecular formula is C19H17FOS2. The summed E-state index contributed by atoms with van der Waals surface area (Å²) < 4.78 is 14.0. The zero-order valence-corrected chi connectivity index (χ0v) is 14.2. The molecule has 1 aliphatic heterocycles. The number of benzene rings is 2. The molecule has 23 heavy (non-hydrogen) atoms. The highest BCUT2D eigenvalue weighted by molar-refractivity contribution is 8.20. The van der Waals surface area contributed by atoms with E-state index in [9.17, 15) is 9.18 Å². The zero-order valence-electron chi connectivity index (χ0n) is 12.5. The van der Waals surface area contributed by atoms with E-state index in [2.05, 4.69) is 0 Å². The summed E-state index contributed by atoms with van der Waals surface area (Å²) in [4.78, 5) is 12.9. The molecule has 0 N–H and O–H groups in total. The van der Waals surface area contributed by atoms with Gasteiger partial charge in [0.05, 0.1) is 10.5 Å². The molecule has 1 heterocycles. The third-order valence-corrected chi connectivity index (χ3v) is 6.89. The van der Waals surface area contributed by atoms with Crippen molar-refractivity contribution in [1.29, 1.82) is 0 Å². The van der Waals surface area contributed by atoms with E-state index in [1.165, 1.54) is 6.07 Å². The van der Waals surface area contributed by atoms with Crippen molar-refractivity contribution >= 4 is 35.4 Å². The van der Waals surface area contributed by atoms with E-state index in [1.807, 2.05) is 59.9 Å². The molecule has 0 spiro atoms. The highest BCUT2D eigenvalue weighted by Gasteiger charge is 2.30. The zero-order chi connectivity index (χ0) is 16.1. The van der Waals surface area contributed by atoms with Gasteiger partial charge in [-0.1, -0.05) is 60.7 Å². The number of allylic oxidation sites excluding steroid dienone is 1. The van der Waals surface area contributed by atoms with Crippen molar-refractivity contribution < 1.29 is 9.18 Å². The normalized spacial score (nSPS) is 16.7. The van der Waals surface area contributed by atoms with Crippen molar-refractivity contribution in [2.75, 3.05) is 11.5 Å². The number of Topliss-reactive ketones (excluding diaryl/α,β-unsaturated/α-hetero) is 1. The average Bonchev–Trinajstić information content (AvgIpc) is 3.11. The fourth-order valence-electron chi connectivity index (χ4n) is 2.50. The minimum Gasteiger partial charge on any atom is -0.293 e. The second kappa shape index (κ2) is 7.84. The molecule has 0 bridgehead atoms. The van der Waals surface area contributed by atoms with Gasteiger partial charge < -0.3 is 0 Å². The van der Waals surface area contributed by atoms with Crippen LogP contribution in [-0.2, 0) is 0 Å². The van der Waals surface area contributed by atoms with Gasteiger partial charge in [-0.3, -0.25) is 4.79 Å². The van der Waals surface area contributed by atoms with E-state index >= 15 is 0 Å². The van der Waals surface area contributed by atoms with Crippen LogP contribution < -0.4 is 0 Å². The second-order valence-corrected chi connectivity index (χ2v) is 8.04. The van der Waals surface area contributed by atoms with Gasteiger partial charge in [0.25, 0.3) is 0 Å². The Labute approximate surface area is 144 Å². The lowest BCUT2D eigenvalue weighted by Crippen LogP contribution is -2.20. The molecule has 0 aliphatic carbocycles. The van der Waals surface area contributed by atoms with Crippen LogP contribution in [0.15, 0.2) is 60.7 Å². The smallest absolute Gasteiger partial charge is 0.171 e. The summed E-state index contributed by atoms with van der Waals surface area (Å²) in [5.41, 5.74) is 1.23. The molecule has 3 rings (SSSR count). The van der Waals surface area contributed by atoms with Crippen LogP contribution in [0.2, 0.25) is 0 Å². The monoisotopic (exact) mass is 344 g/mol. The molecular weight excluding hydrogens is 327 g/mol. The fraction of sp³-hybridized carbons (Fsp3) is 0.211. The van der Waals surface area contributed by atoms with E-state index in [4.69, 9.17) is 0 Å². The van der Waals surface area contributed by atoms with E-state index in [0.29, 0.717) is 11.1 Å². The Bertz CT molecular complexity index is 694. The summed E-state index contributed by atoms with van der Waals surface area (Å²) in [5.74, 6) is 1.71. The van der Waals surface area contributed by atoms with E-state index < -0.39 is 0 Å². The topological polar surface area (TPSA) is 17.1 Å². The van der Waals surface area contributed by atoms with E-state index in [0.717, 1.165) is 11.5 Å². The van der Waals surface area contributed by atoms with Crippen molar-refractivity contribution in [2.45, 2.75) is 4.58 Å². The predicted octanol–water partition coefficient (Wildman–Crippen LogP) is 5.14. The van der Waals surface area contributed by atoms with Crippen molar-refractivity contribution in [3.63, 3.8) is 0 Å². The van der Waals surface area contributed by atoms with E-state index in [-0.39, 0.29) is 22.1 Å². The van der Waals surface area contributed by atoms with Crippen molar-refractivity contribution in [2.24, 2.45) is 5.92 Å². The maximum atomic E-state index is 13.8. The van der Waals surface area contributed by atoms with Gasteiger partial charge in [0.1, 0.15) is 5.82 Å². The van der Waals surface area contributed by atoms with Crippen LogP contribution in [0.1, 0.15) is 15.9 Å². The summed E-state index contributed by atoms with van der Waals surface area (Å²) in [7, 11) is 0. The Morgan fingerprint density at radius 3 is 2.39 bits per heavy atom. The lowest BCUT2D eigenvalue weighted by atomic mass is 9.97. The van der Waals surface area contributed by atoms with E-state index in [1.54, 1.807) is 24.3 Å². The van der Waals surface area contributed by atoms with Crippen molar-refractivity contribution in [1.82, 2.24) is 0 Å². The Balaban J connectivity index is 1.87. The van der Waals surface area contributed by atoms with Gasteiger partial charge >= 0.3 is 0 Å². The lowest BCUT2D eigenvalue weighted by molar-refractivity contribution is 0.0952. The number of carbonyl (C=O) groups is 1. The Morgan fingerprint density at radius 1 is 1.04 bits per heavy atom. The summed E-state index contributed by atoms with van der Waals surface area (Å²) in [6.07, 6.45) is 3.60. The highest BCUT2D eigenvalue weighted by atomic mass is 32.2. The van der Waals surface area contributed by atoms with Crippen LogP contribution in [0.25, 0.3) is 6.08 Å². The van der Waals surface area contributed by atoms with Crippen LogP contribution in [-0.4, -0.2) is 21.9 Å². The molecule has 1 nitrogen and oxygen atoms in total. The Kier molecular flexibility index (Phi) is 5.57. The minimum absolute atomic E-state index is 0.102. The fourth-order valence-corrected chi connectivity index (χ4v) is 5.54. The number of carbonyl (C=O) groups excluding carboxylic acids is 1. The SMILES string of the molecule is O=C(c1ccccc1)C(/C=C/c1ccccc1F)C1SCCS1. The Morgan fingerprint density at radius 2 is 1.70 bits per heavy atom. The summed E-state index contributed by atoms with van der Waals surface area (Å²) in [5, 5.41) is 0. The van der Waals surface area contributed by atoms with Gasteiger partial charge in [0, 0.05) is 22.6 Å². The molecule has 118 valence electrons. The maximum Gasteiger partial charge on any atom is 0.171 e. The summed E-state index contributed by atoms with van der Waals surface area (Å²) >= 11 is 3.62. The molecule has 0 radical (unpaired) electrons. The molecule has 1 unspecified atom stereocenters. The third-order valence-electron chi connectivity index (χ3n) is 3.69. The molecule has 1 fully saturated rings. The number of hydrogen-bond acceptors (Lipinski definition) is 3. The predicted molar refractivity (Wildman–Crippen MR) is 98.4 cm³/mol. The Hall–Kier alpha value is -1.52. The minimum atomic E-state index is -0.263. The van der Waals surface area contributed by atoms with Crippen LogP contribution >= 0.6 is 23.5 Å². The van der Waals surface area contributed by atoms with Crippen molar-refractivity contribution in [3.05, 3.63) is 77.6 Å². The third kappa shape index (κ3) is 4.06. The molecule has 0 aromatic heterocycles. The van der Waals surface area contributed by atoms with Crippen LogP contribution in [0.5, 0.6) is 0 Å². The molecule has 1 aliphatic rings. The standard InChI is InChI=1S/C19H17FOS2/c20-17-9-5-4-6-14(17)10-11-16(19-22-12-13-23-19)18(21)15-7-2-1-3-8-15/h1-11,16,19H,12-13H2/b11-10+. The number of rotatable bonds is 5. The molecule has 0 saturated carbocycles. The maximum absolute atomic E-state index is 13.8. The number of halogens is 1. The van der Waals surface area contributed by atoms with Gasteiger partial charge in [-0.05, 0) is 6.07 Å². The average molecular weight is 344 g/mol. The second-order valence-electron chi connectivity index (χ2n) is 5.25. The van der Waals surface area contributed by atoms with Gasteiger partial charge in [-0.2, -0.15) is 0 Å². The lowest BCUT2D eigenvalue weighted by Gasteiger charge is -2.18. The quantitative estimate of drug-likeness (QED) is 0.699. The number of hydrogen-bond donors (Lipinski definition) is 0. The molecule has 2 aromatic rings. The number of ketones is 1. The molecule has 1 saturated heterocycles. The summed E-state index contributed by atoms with van der Waals surface area (Å²) in [6.45, 7) is 0. The van der Waals surface area contributed by atoms with Crippen molar-refractivity contribution in [3.8, 4) is 0 Å². The molecule has 0 amide bonds. The van der Waals surface area contributed by atoms with Crippen LogP contribution in [0.4, 0.5) is 4.39 Å². The van der Waals surface area contributed by atoms with Gasteiger partial charge in [0.15, 0.2) is 5.78 Å². The van der Waals surface area contributed by atoms with Gasteiger partial charge in [-0.15, -0.1) is 23.5 Å². The first-order chi connectivity index (χ1) is 11.3. The first-order valence-electron chi connectivity index (χ1n) is 7.51. The first-order valence-corrected chi connectivity index (χ1v) is 9.60. The molecule has 1 atom stereocenters. The highest BCUT2D eigenvalue weighted by Crippen LogP contribution is 2.39.